The molecule has 1 aromatic heterocycles. The SMILES string of the molecule is [N-]=[N+]=Nc1ncc(Cc2ccccc2F)c(=O)[nH]1. The minimum atomic E-state index is -0.448. The van der Waals surface area contributed by atoms with Crippen LogP contribution in [-0.4, -0.2) is 9.97 Å². The first kappa shape index (κ1) is 11.8. The quantitative estimate of drug-likeness (QED) is 0.510. The third kappa shape index (κ3) is 2.53. The molecule has 0 bridgehead atoms. The number of nitrogens with zero attached hydrogens (tertiary/aromatic N) is 4. The average molecular weight is 245 g/mol. The molecule has 0 aliphatic carbocycles. The van der Waals surface area contributed by atoms with E-state index >= 15 is 0 Å². The molecule has 0 spiro atoms. The molecule has 0 aliphatic heterocycles. The van der Waals surface area contributed by atoms with Crippen LogP contribution in [0.5, 0.6) is 0 Å². The highest BCUT2D eigenvalue weighted by atomic mass is 19.1. The molecule has 0 amide bonds. The fraction of sp³-hybridized carbons (Fsp3) is 0.0909. The molecule has 0 atom stereocenters. The van der Waals surface area contributed by atoms with Gasteiger partial charge < -0.3 is 4.98 Å². The van der Waals surface area contributed by atoms with E-state index in [1.54, 1.807) is 18.2 Å². The molecule has 2 rings (SSSR count). The minimum absolute atomic E-state index is 0.111. The van der Waals surface area contributed by atoms with Gasteiger partial charge in [0.25, 0.3) is 5.56 Å². The Morgan fingerprint density at radius 3 is 2.83 bits per heavy atom. The van der Waals surface area contributed by atoms with Gasteiger partial charge in [-0.25, -0.2) is 9.37 Å². The molecule has 0 radical (unpaired) electrons. The molecule has 0 saturated carbocycles. The molecule has 1 aromatic carbocycles. The van der Waals surface area contributed by atoms with E-state index in [9.17, 15) is 9.18 Å². The van der Waals surface area contributed by atoms with Crippen molar-refractivity contribution >= 4 is 5.95 Å². The standard InChI is InChI=1S/C11H8FN5O/c12-9-4-2-1-3-7(9)5-8-6-14-11(16-17-13)15-10(8)18/h1-4,6H,5H2,(H,14,15,18). The Balaban J connectivity index is 2.33. The number of nitrogens with one attached hydrogen (secondary N) is 1. The average Bonchev–Trinajstić information content (AvgIpc) is 2.35. The van der Waals surface area contributed by atoms with Gasteiger partial charge in [0.05, 0.1) is 0 Å². The molecule has 90 valence electrons. The van der Waals surface area contributed by atoms with Crippen molar-refractivity contribution in [2.45, 2.75) is 6.42 Å². The minimum Gasteiger partial charge on any atom is -0.305 e. The van der Waals surface area contributed by atoms with Crippen LogP contribution in [0.3, 0.4) is 0 Å². The number of hydrogen-bond acceptors (Lipinski definition) is 3. The number of azide groups is 1. The van der Waals surface area contributed by atoms with E-state index in [0.717, 1.165) is 0 Å². The molecule has 18 heavy (non-hydrogen) atoms. The van der Waals surface area contributed by atoms with E-state index < -0.39 is 5.56 Å². The summed E-state index contributed by atoms with van der Waals surface area (Å²) in [5.41, 5.74) is 8.46. The highest BCUT2D eigenvalue weighted by Crippen LogP contribution is 2.10. The summed E-state index contributed by atoms with van der Waals surface area (Å²) < 4.78 is 13.4. The molecular weight excluding hydrogens is 237 g/mol. The molecule has 1 N–H and O–H groups in total. The van der Waals surface area contributed by atoms with Crippen LogP contribution in [0, 0.1) is 5.82 Å². The van der Waals surface area contributed by atoms with Crippen LogP contribution in [0.2, 0.25) is 0 Å². The fourth-order valence-corrected chi connectivity index (χ4v) is 1.48. The number of aromatic nitrogens is 2. The van der Waals surface area contributed by atoms with E-state index in [1.807, 2.05) is 0 Å². The van der Waals surface area contributed by atoms with Crippen molar-refractivity contribution in [3.05, 3.63) is 68.2 Å². The summed E-state index contributed by atoms with van der Waals surface area (Å²) in [6, 6.07) is 6.18. The molecule has 0 unspecified atom stereocenters. The van der Waals surface area contributed by atoms with Gasteiger partial charge in [0.15, 0.2) is 5.95 Å². The van der Waals surface area contributed by atoms with E-state index in [4.69, 9.17) is 5.53 Å². The van der Waals surface area contributed by atoms with Crippen LogP contribution in [0.25, 0.3) is 10.4 Å². The van der Waals surface area contributed by atoms with Crippen LogP contribution in [0.15, 0.2) is 40.4 Å². The predicted molar refractivity (Wildman–Crippen MR) is 62.9 cm³/mol. The largest absolute Gasteiger partial charge is 0.305 e. The lowest BCUT2D eigenvalue weighted by atomic mass is 10.1. The summed E-state index contributed by atoms with van der Waals surface area (Å²) in [5.74, 6) is -0.490. The molecule has 0 fully saturated rings. The van der Waals surface area contributed by atoms with Crippen molar-refractivity contribution in [1.82, 2.24) is 9.97 Å². The van der Waals surface area contributed by atoms with Crippen LogP contribution in [-0.2, 0) is 6.42 Å². The number of H-pyrrole nitrogens is 1. The van der Waals surface area contributed by atoms with Gasteiger partial charge in [-0.05, 0) is 22.3 Å². The summed E-state index contributed by atoms with van der Waals surface area (Å²) in [5, 5.41) is 3.17. The van der Waals surface area contributed by atoms with Gasteiger partial charge in [0, 0.05) is 23.1 Å². The lowest BCUT2D eigenvalue weighted by molar-refractivity contribution is 0.613. The van der Waals surface area contributed by atoms with Crippen molar-refractivity contribution < 1.29 is 4.39 Å². The van der Waals surface area contributed by atoms with Crippen molar-refractivity contribution in [2.75, 3.05) is 0 Å². The maximum atomic E-state index is 13.4. The topological polar surface area (TPSA) is 94.5 Å². The van der Waals surface area contributed by atoms with Crippen LogP contribution >= 0.6 is 0 Å². The lowest BCUT2D eigenvalue weighted by Crippen LogP contribution is -2.13. The highest BCUT2D eigenvalue weighted by Gasteiger charge is 2.06. The molecule has 7 heteroatoms. The van der Waals surface area contributed by atoms with Gasteiger partial charge in [0.1, 0.15) is 5.82 Å². The molecule has 0 saturated heterocycles. The van der Waals surface area contributed by atoms with Crippen molar-refractivity contribution in [2.24, 2.45) is 5.11 Å². The third-order valence-electron chi connectivity index (χ3n) is 2.34. The first-order chi connectivity index (χ1) is 8.70. The zero-order valence-corrected chi connectivity index (χ0v) is 9.17. The second-order valence-corrected chi connectivity index (χ2v) is 3.52. The van der Waals surface area contributed by atoms with E-state index in [1.165, 1.54) is 12.3 Å². The lowest BCUT2D eigenvalue weighted by Gasteiger charge is -2.02. The predicted octanol–water partition coefficient (Wildman–Crippen LogP) is 2.44. The zero-order valence-electron chi connectivity index (χ0n) is 9.17. The smallest absolute Gasteiger partial charge is 0.254 e. The van der Waals surface area contributed by atoms with E-state index in [2.05, 4.69) is 20.0 Å². The number of aromatic amines is 1. The van der Waals surface area contributed by atoms with Gasteiger partial charge in [-0.15, -0.1) is 0 Å². The molecule has 2 aromatic rings. The monoisotopic (exact) mass is 245 g/mol. The van der Waals surface area contributed by atoms with Crippen molar-refractivity contribution in [1.29, 1.82) is 0 Å². The van der Waals surface area contributed by atoms with Gasteiger partial charge in [-0.3, -0.25) is 4.79 Å². The fourth-order valence-electron chi connectivity index (χ4n) is 1.48. The second kappa shape index (κ2) is 5.11. The number of rotatable bonds is 3. The first-order valence-electron chi connectivity index (χ1n) is 5.07. The van der Waals surface area contributed by atoms with Crippen molar-refractivity contribution in [3.63, 3.8) is 0 Å². The summed E-state index contributed by atoms with van der Waals surface area (Å²) in [6.07, 6.45) is 1.40. The number of hydrogen-bond donors (Lipinski definition) is 1. The highest BCUT2D eigenvalue weighted by molar-refractivity contribution is 5.26. The molecule has 0 aliphatic rings. The van der Waals surface area contributed by atoms with Gasteiger partial charge in [0.2, 0.25) is 0 Å². The normalized spacial score (nSPS) is 9.83. The number of benzene rings is 1. The molecular formula is C11H8FN5O. The summed E-state index contributed by atoms with van der Waals surface area (Å²) in [6.45, 7) is 0. The Morgan fingerprint density at radius 2 is 2.17 bits per heavy atom. The van der Waals surface area contributed by atoms with Gasteiger partial charge in [-0.1, -0.05) is 18.2 Å². The zero-order chi connectivity index (χ0) is 13.0. The Kier molecular flexibility index (Phi) is 3.36. The Labute approximate surface area is 101 Å². The van der Waals surface area contributed by atoms with Gasteiger partial charge in [-0.2, -0.15) is 0 Å². The maximum Gasteiger partial charge on any atom is 0.254 e. The van der Waals surface area contributed by atoms with E-state index in [0.29, 0.717) is 11.1 Å². The number of halogens is 1. The maximum absolute atomic E-state index is 13.4. The van der Waals surface area contributed by atoms with Crippen LogP contribution in [0.4, 0.5) is 10.3 Å². The van der Waals surface area contributed by atoms with Gasteiger partial charge >= 0.3 is 0 Å². The summed E-state index contributed by atoms with van der Waals surface area (Å²) in [7, 11) is 0. The second-order valence-electron chi connectivity index (χ2n) is 3.52. The summed E-state index contributed by atoms with van der Waals surface area (Å²) in [4.78, 5) is 20.2. The molecule has 6 nitrogen and oxygen atoms in total. The Hall–Kier alpha value is -2.66. The Bertz CT molecular complexity index is 675. The van der Waals surface area contributed by atoms with Crippen molar-refractivity contribution in [3.8, 4) is 0 Å². The van der Waals surface area contributed by atoms with E-state index in [-0.39, 0.29) is 18.2 Å². The Morgan fingerprint density at radius 1 is 1.39 bits per heavy atom. The van der Waals surface area contributed by atoms with Crippen LogP contribution < -0.4 is 5.56 Å². The van der Waals surface area contributed by atoms with Crippen LogP contribution in [0.1, 0.15) is 11.1 Å². The summed E-state index contributed by atoms with van der Waals surface area (Å²) >= 11 is 0. The molecule has 1 heterocycles. The first-order valence-corrected chi connectivity index (χ1v) is 5.07. The third-order valence-corrected chi connectivity index (χ3v) is 2.34.